The topological polar surface area (TPSA) is 93.0 Å². The van der Waals surface area contributed by atoms with Crippen molar-refractivity contribution in [2.45, 2.75) is 5.92 Å². The molecule has 0 fully saturated rings. The van der Waals surface area contributed by atoms with Crippen LogP contribution in [0.3, 0.4) is 0 Å². The van der Waals surface area contributed by atoms with Gasteiger partial charge in [-0.15, -0.1) is 0 Å². The summed E-state index contributed by atoms with van der Waals surface area (Å²) in [6.07, 6.45) is 0. The predicted octanol–water partition coefficient (Wildman–Crippen LogP) is 1.86. The Morgan fingerprint density at radius 2 is 1.25 bits per heavy atom. The van der Waals surface area contributed by atoms with E-state index in [4.69, 9.17) is 0 Å². The normalized spacial score (nSPS) is 10.9. The lowest BCUT2D eigenvalue weighted by Crippen LogP contribution is -2.18. The summed E-state index contributed by atoms with van der Waals surface area (Å²) in [6, 6.07) is 9.24. The van der Waals surface area contributed by atoms with Crippen molar-refractivity contribution in [1.82, 2.24) is 5.32 Å². The first kappa shape index (κ1) is 14.0. The molecule has 0 amide bonds. The largest absolute Gasteiger partial charge is 0.504 e. The number of benzene rings is 2. The molecule has 0 saturated carbocycles. The van der Waals surface area contributed by atoms with Gasteiger partial charge in [-0.1, -0.05) is 12.1 Å². The van der Waals surface area contributed by atoms with E-state index in [1.54, 1.807) is 19.2 Å². The highest BCUT2D eigenvalue weighted by atomic mass is 16.3. The Bertz CT molecular complexity index is 561. The second-order valence-corrected chi connectivity index (χ2v) is 4.61. The maximum Gasteiger partial charge on any atom is 0.157 e. The molecule has 0 aliphatic carbocycles. The fourth-order valence-electron chi connectivity index (χ4n) is 2.15. The Morgan fingerprint density at radius 1 is 0.800 bits per heavy atom. The van der Waals surface area contributed by atoms with Crippen molar-refractivity contribution in [3.63, 3.8) is 0 Å². The van der Waals surface area contributed by atoms with Gasteiger partial charge in [0.05, 0.1) is 0 Å². The van der Waals surface area contributed by atoms with Crippen LogP contribution >= 0.6 is 0 Å². The van der Waals surface area contributed by atoms with Gasteiger partial charge >= 0.3 is 0 Å². The van der Waals surface area contributed by atoms with E-state index in [9.17, 15) is 20.4 Å². The van der Waals surface area contributed by atoms with Crippen molar-refractivity contribution in [3.8, 4) is 23.0 Å². The molecule has 0 saturated heterocycles. The van der Waals surface area contributed by atoms with Gasteiger partial charge in [0.15, 0.2) is 23.0 Å². The number of aromatic hydroxyl groups is 4. The second-order valence-electron chi connectivity index (χ2n) is 4.61. The molecule has 2 rings (SSSR count). The van der Waals surface area contributed by atoms with Gasteiger partial charge in [-0.25, -0.2) is 0 Å². The summed E-state index contributed by atoms with van der Waals surface area (Å²) in [6.45, 7) is 0.578. The van der Waals surface area contributed by atoms with E-state index in [1.807, 2.05) is 0 Å². The van der Waals surface area contributed by atoms with Crippen LogP contribution in [-0.2, 0) is 0 Å². The van der Waals surface area contributed by atoms with E-state index in [0.717, 1.165) is 11.1 Å². The molecule has 0 spiro atoms. The van der Waals surface area contributed by atoms with Crippen LogP contribution in [0.1, 0.15) is 17.0 Å². The molecule has 0 bridgehead atoms. The molecule has 5 N–H and O–H groups in total. The first-order chi connectivity index (χ1) is 9.52. The molecule has 5 heteroatoms. The third kappa shape index (κ3) is 2.78. The zero-order valence-corrected chi connectivity index (χ0v) is 11.0. The lowest BCUT2D eigenvalue weighted by atomic mass is 9.90. The van der Waals surface area contributed by atoms with Crippen molar-refractivity contribution in [2.75, 3.05) is 13.6 Å². The predicted molar refractivity (Wildman–Crippen MR) is 75.3 cm³/mol. The van der Waals surface area contributed by atoms with Crippen LogP contribution in [0, 0.1) is 0 Å². The summed E-state index contributed by atoms with van der Waals surface area (Å²) in [7, 11) is 1.80. The molecule has 0 unspecified atom stereocenters. The van der Waals surface area contributed by atoms with Crippen molar-refractivity contribution < 1.29 is 20.4 Å². The van der Waals surface area contributed by atoms with E-state index in [2.05, 4.69) is 5.32 Å². The van der Waals surface area contributed by atoms with Crippen molar-refractivity contribution >= 4 is 0 Å². The van der Waals surface area contributed by atoms with E-state index < -0.39 is 0 Å². The van der Waals surface area contributed by atoms with Gasteiger partial charge in [-0.2, -0.15) is 0 Å². The quantitative estimate of drug-likeness (QED) is 0.549. The highest BCUT2D eigenvalue weighted by Crippen LogP contribution is 2.34. The van der Waals surface area contributed by atoms with Crippen LogP contribution in [0.5, 0.6) is 23.0 Å². The smallest absolute Gasteiger partial charge is 0.157 e. The summed E-state index contributed by atoms with van der Waals surface area (Å²) >= 11 is 0. The third-order valence-corrected chi connectivity index (χ3v) is 3.21. The summed E-state index contributed by atoms with van der Waals surface area (Å²) in [5, 5.41) is 41.0. The fourth-order valence-corrected chi connectivity index (χ4v) is 2.15. The maximum absolute atomic E-state index is 9.60. The Hall–Kier alpha value is -2.40. The molecule has 0 atom stereocenters. The van der Waals surface area contributed by atoms with Crippen LogP contribution in [0.15, 0.2) is 36.4 Å². The molecule has 0 aliphatic rings. The first-order valence-electron chi connectivity index (χ1n) is 6.21. The number of hydrogen-bond donors (Lipinski definition) is 5. The summed E-state index contributed by atoms with van der Waals surface area (Å²) in [5.74, 6) is -0.854. The maximum atomic E-state index is 9.60. The molecular weight excluding hydrogens is 258 g/mol. The Morgan fingerprint density at radius 3 is 1.60 bits per heavy atom. The average Bonchev–Trinajstić information content (AvgIpc) is 2.43. The zero-order chi connectivity index (χ0) is 14.7. The lowest BCUT2D eigenvalue weighted by Gasteiger charge is -2.18. The molecule has 0 aliphatic heterocycles. The molecule has 0 aromatic heterocycles. The second kappa shape index (κ2) is 5.71. The molecule has 2 aromatic rings. The van der Waals surface area contributed by atoms with Crippen molar-refractivity contribution in [2.24, 2.45) is 0 Å². The average molecular weight is 275 g/mol. The zero-order valence-electron chi connectivity index (χ0n) is 11.0. The number of hydrogen-bond acceptors (Lipinski definition) is 5. The van der Waals surface area contributed by atoms with E-state index in [1.165, 1.54) is 24.3 Å². The monoisotopic (exact) mass is 275 g/mol. The van der Waals surface area contributed by atoms with Crippen molar-refractivity contribution in [1.29, 1.82) is 0 Å². The number of phenolic OH excluding ortho intramolecular Hbond substituents is 4. The molecule has 20 heavy (non-hydrogen) atoms. The molecule has 106 valence electrons. The van der Waals surface area contributed by atoms with Crippen LogP contribution in [-0.4, -0.2) is 34.0 Å². The Labute approximate surface area is 116 Å². The number of rotatable bonds is 4. The first-order valence-corrected chi connectivity index (χ1v) is 6.21. The summed E-state index contributed by atoms with van der Waals surface area (Å²) < 4.78 is 0. The summed E-state index contributed by atoms with van der Waals surface area (Å²) in [5.41, 5.74) is 1.58. The minimum atomic E-state index is -0.188. The van der Waals surface area contributed by atoms with Gasteiger partial charge in [-0.05, 0) is 42.4 Å². The number of likely N-dealkylation sites (N-methyl/N-ethyl adjacent to an activating group) is 1. The van der Waals surface area contributed by atoms with Gasteiger partial charge in [-0.3, -0.25) is 0 Å². The summed E-state index contributed by atoms with van der Waals surface area (Å²) in [4.78, 5) is 0. The van der Waals surface area contributed by atoms with Gasteiger partial charge in [0.25, 0.3) is 0 Å². The van der Waals surface area contributed by atoms with E-state index in [0.29, 0.717) is 6.54 Å². The SMILES string of the molecule is CNCC(c1ccc(O)c(O)c1)c1ccc(O)c(O)c1. The molecular formula is C15H17NO4. The Kier molecular flexibility index (Phi) is 4.00. The van der Waals surface area contributed by atoms with Gasteiger partial charge in [0.2, 0.25) is 0 Å². The van der Waals surface area contributed by atoms with Crippen LogP contribution in [0.4, 0.5) is 0 Å². The lowest BCUT2D eigenvalue weighted by molar-refractivity contribution is 0.401. The third-order valence-electron chi connectivity index (χ3n) is 3.21. The minimum Gasteiger partial charge on any atom is -0.504 e. The molecule has 0 radical (unpaired) electrons. The standard InChI is InChI=1S/C15H17NO4/c1-16-8-11(9-2-4-12(17)14(19)6-9)10-3-5-13(18)15(20)7-10/h2-7,11,16-20H,8H2,1H3. The molecule has 2 aromatic carbocycles. The number of phenols is 4. The van der Waals surface area contributed by atoms with Crippen LogP contribution in [0.2, 0.25) is 0 Å². The molecule has 5 nitrogen and oxygen atoms in total. The Balaban J connectivity index is 2.44. The van der Waals surface area contributed by atoms with Gasteiger partial charge in [0.1, 0.15) is 0 Å². The fraction of sp³-hybridized carbons (Fsp3) is 0.200. The van der Waals surface area contributed by atoms with E-state index >= 15 is 0 Å². The van der Waals surface area contributed by atoms with Crippen LogP contribution in [0.25, 0.3) is 0 Å². The molecule has 0 heterocycles. The van der Waals surface area contributed by atoms with E-state index in [-0.39, 0.29) is 28.9 Å². The van der Waals surface area contributed by atoms with Crippen molar-refractivity contribution in [3.05, 3.63) is 47.5 Å². The van der Waals surface area contributed by atoms with Gasteiger partial charge in [0, 0.05) is 12.5 Å². The minimum absolute atomic E-state index is 0.127. The highest BCUT2D eigenvalue weighted by molar-refractivity contribution is 5.47. The highest BCUT2D eigenvalue weighted by Gasteiger charge is 2.16. The van der Waals surface area contributed by atoms with Gasteiger partial charge < -0.3 is 25.7 Å². The number of nitrogens with one attached hydrogen (secondary N) is 1. The van der Waals surface area contributed by atoms with Crippen LogP contribution < -0.4 is 5.32 Å².